The summed E-state index contributed by atoms with van der Waals surface area (Å²) >= 11 is 6.20. The minimum Gasteiger partial charge on any atom is -0.353 e. The van der Waals surface area contributed by atoms with Crippen LogP contribution >= 0.6 is 11.6 Å². The van der Waals surface area contributed by atoms with E-state index >= 15 is 0 Å². The summed E-state index contributed by atoms with van der Waals surface area (Å²) in [7, 11) is 2.08. The van der Waals surface area contributed by atoms with Crippen LogP contribution in [-0.2, 0) is 18.4 Å². The summed E-state index contributed by atoms with van der Waals surface area (Å²) in [5.74, 6) is 0.474. The molecule has 4 nitrogen and oxygen atoms in total. The number of likely N-dealkylation sites (tertiary alicyclic amines) is 1. The van der Waals surface area contributed by atoms with Gasteiger partial charge in [-0.1, -0.05) is 24.4 Å². The van der Waals surface area contributed by atoms with Gasteiger partial charge in [0.2, 0.25) is 5.91 Å². The Morgan fingerprint density at radius 1 is 1.19 bits per heavy atom. The van der Waals surface area contributed by atoms with Crippen LogP contribution in [0.2, 0.25) is 5.02 Å². The van der Waals surface area contributed by atoms with Crippen molar-refractivity contribution in [3.05, 3.63) is 35.0 Å². The molecule has 2 fully saturated rings. The second-order valence-corrected chi connectivity index (χ2v) is 8.40. The number of amides is 1. The van der Waals surface area contributed by atoms with E-state index < -0.39 is 0 Å². The fraction of sp³-hybridized carbons (Fsp3) is 0.571. The minimum absolute atomic E-state index is 0.189. The molecule has 1 amide bonds. The van der Waals surface area contributed by atoms with Crippen molar-refractivity contribution in [2.24, 2.45) is 13.0 Å². The summed E-state index contributed by atoms with van der Waals surface area (Å²) in [6.07, 6.45) is 8.98. The normalized spacial score (nSPS) is 20.1. The number of aromatic nitrogens is 1. The lowest BCUT2D eigenvalue weighted by molar-refractivity contribution is -0.127. The number of benzene rings is 1. The second-order valence-electron chi connectivity index (χ2n) is 7.97. The van der Waals surface area contributed by atoms with Crippen LogP contribution < -0.4 is 5.32 Å². The first-order valence-electron chi connectivity index (χ1n) is 9.86. The molecule has 1 aromatic carbocycles. The molecule has 2 aliphatic rings. The van der Waals surface area contributed by atoms with Crippen molar-refractivity contribution in [3.63, 3.8) is 0 Å². The number of fused-ring (bicyclic) bond motifs is 1. The maximum absolute atomic E-state index is 12.5. The molecule has 1 N–H and O–H groups in total. The molecule has 0 spiro atoms. The van der Waals surface area contributed by atoms with Gasteiger partial charge in [-0.2, -0.15) is 0 Å². The molecule has 0 atom stereocenters. The van der Waals surface area contributed by atoms with E-state index in [1.165, 1.54) is 29.3 Å². The zero-order chi connectivity index (χ0) is 18.1. The number of piperidine rings is 1. The molecule has 1 saturated carbocycles. The van der Waals surface area contributed by atoms with Crippen LogP contribution in [0, 0.1) is 5.92 Å². The van der Waals surface area contributed by atoms with E-state index in [-0.39, 0.29) is 11.8 Å². The Labute approximate surface area is 160 Å². The van der Waals surface area contributed by atoms with Gasteiger partial charge < -0.3 is 9.88 Å². The van der Waals surface area contributed by atoms with Crippen molar-refractivity contribution in [2.45, 2.75) is 51.1 Å². The molecule has 0 radical (unpaired) electrons. The summed E-state index contributed by atoms with van der Waals surface area (Å²) < 4.78 is 2.17. The van der Waals surface area contributed by atoms with Crippen molar-refractivity contribution in [1.82, 2.24) is 14.8 Å². The largest absolute Gasteiger partial charge is 0.353 e. The number of hydrogen-bond donors (Lipinski definition) is 1. The Hall–Kier alpha value is -1.52. The van der Waals surface area contributed by atoms with Crippen molar-refractivity contribution in [3.8, 4) is 0 Å². The van der Waals surface area contributed by atoms with Crippen LogP contribution in [0.3, 0.4) is 0 Å². The van der Waals surface area contributed by atoms with Crippen LogP contribution in [-0.4, -0.2) is 34.5 Å². The van der Waals surface area contributed by atoms with Gasteiger partial charge >= 0.3 is 0 Å². The van der Waals surface area contributed by atoms with Gasteiger partial charge in [0.15, 0.2) is 0 Å². The standard InChI is InChI=1S/C21H28ClN3O/c1-24-13-16(19-12-17(22)6-7-20(19)24)14-25-10-8-15(9-11-25)21(26)23-18-4-2-3-5-18/h6-7,12-13,15,18H,2-5,8-11,14H2,1H3,(H,23,26). The van der Waals surface area contributed by atoms with Gasteiger partial charge in [0.1, 0.15) is 0 Å². The zero-order valence-corrected chi connectivity index (χ0v) is 16.3. The summed E-state index contributed by atoms with van der Waals surface area (Å²) in [6, 6.07) is 6.53. The van der Waals surface area contributed by atoms with E-state index in [2.05, 4.69) is 40.2 Å². The molecule has 140 valence electrons. The first-order chi connectivity index (χ1) is 12.6. The van der Waals surface area contributed by atoms with Crippen molar-refractivity contribution in [2.75, 3.05) is 13.1 Å². The Bertz CT molecular complexity index is 786. The number of aryl methyl sites for hydroxylation is 1. The predicted octanol–water partition coefficient (Wildman–Crippen LogP) is 4.10. The molecular formula is C21H28ClN3O. The van der Waals surface area contributed by atoms with Crippen LogP contribution in [0.25, 0.3) is 10.9 Å². The number of nitrogens with one attached hydrogen (secondary N) is 1. The maximum atomic E-state index is 12.5. The quantitative estimate of drug-likeness (QED) is 0.875. The van der Waals surface area contributed by atoms with E-state index in [1.807, 2.05) is 6.07 Å². The van der Waals surface area contributed by atoms with E-state index in [0.29, 0.717) is 6.04 Å². The van der Waals surface area contributed by atoms with Crippen molar-refractivity contribution < 1.29 is 4.79 Å². The smallest absolute Gasteiger partial charge is 0.223 e. The fourth-order valence-corrected chi connectivity index (χ4v) is 4.73. The van der Waals surface area contributed by atoms with Crippen molar-refractivity contribution >= 4 is 28.4 Å². The SMILES string of the molecule is Cn1cc(CN2CCC(C(=O)NC3CCCC3)CC2)c2cc(Cl)ccc21. The Kier molecular flexibility index (Phi) is 5.23. The van der Waals surface area contributed by atoms with Gasteiger partial charge in [0, 0.05) is 47.7 Å². The van der Waals surface area contributed by atoms with Gasteiger partial charge in [-0.15, -0.1) is 0 Å². The number of rotatable bonds is 4. The van der Waals surface area contributed by atoms with Gasteiger partial charge in [-0.3, -0.25) is 9.69 Å². The highest BCUT2D eigenvalue weighted by Crippen LogP contribution is 2.27. The van der Waals surface area contributed by atoms with Crippen LogP contribution in [0.15, 0.2) is 24.4 Å². The lowest BCUT2D eigenvalue weighted by Crippen LogP contribution is -2.42. The molecule has 1 aromatic heterocycles. The highest BCUT2D eigenvalue weighted by molar-refractivity contribution is 6.31. The van der Waals surface area contributed by atoms with Crippen LogP contribution in [0.5, 0.6) is 0 Å². The average Bonchev–Trinajstić information content (AvgIpc) is 3.24. The molecule has 1 aliphatic carbocycles. The lowest BCUT2D eigenvalue weighted by Gasteiger charge is -2.31. The van der Waals surface area contributed by atoms with Crippen LogP contribution in [0.4, 0.5) is 0 Å². The Balaban J connectivity index is 1.35. The summed E-state index contributed by atoms with van der Waals surface area (Å²) in [5.41, 5.74) is 2.54. The molecule has 1 aliphatic heterocycles. The number of nitrogens with zero attached hydrogens (tertiary/aromatic N) is 2. The van der Waals surface area contributed by atoms with E-state index in [4.69, 9.17) is 11.6 Å². The molecular weight excluding hydrogens is 346 g/mol. The van der Waals surface area contributed by atoms with Crippen LogP contribution in [0.1, 0.15) is 44.1 Å². The zero-order valence-electron chi connectivity index (χ0n) is 15.5. The molecule has 1 saturated heterocycles. The average molecular weight is 374 g/mol. The van der Waals surface area contributed by atoms with E-state index in [1.54, 1.807) is 0 Å². The summed E-state index contributed by atoms with van der Waals surface area (Å²) in [4.78, 5) is 15.0. The van der Waals surface area contributed by atoms with Gasteiger partial charge in [-0.05, 0) is 62.5 Å². The third-order valence-corrected chi connectivity index (χ3v) is 6.32. The first-order valence-corrected chi connectivity index (χ1v) is 10.2. The molecule has 0 unspecified atom stereocenters. The monoisotopic (exact) mass is 373 g/mol. The molecule has 2 aromatic rings. The van der Waals surface area contributed by atoms with Gasteiger partial charge in [0.05, 0.1) is 0 Å². The number of carbonyl (C=O) groups excluding carboxylic acids is 1. The second kappa shape index (κ2) is 7.61. The number of halogens is 1. The van der Waals surface area contributed by atoms with Crippen molar-refractivity contribution in [1.29, 1.82) is 0 Å². The first kappa shape index (κ1) is 17.9. The predicted molar refractivity (Wildman–Crippen MR) is 106 cm³/mol. The Morgan fingerprint density at radius 3 is 2.65 bits per heavy atom. The topological polar surface area (TPSA) is 37.3 Å². The molecule has 0 bridgehead atoms. The Morgan fingerprint density at radius 2 is 1.92 bits per heavy atom. The molecule has 4 rings (SSSR count). The summed E-state index contributed by atoms with van der Waals surface area (Å²) in [5, 5.41) is 5.29. The van der Waals surface area contributed by atoms with Gasteiger partial charge in [-0.25, -0.2) is 0 Å². The minimum atomic E-state index is 0.189. The van der Waals surface area contributed by atoms with Gasteiger partial charge in [0.25, 0.3) is 0 Å². The third-order valence-electron chi connectivity index (χ3n) is 6.09. The summed E-state index contributed by atoms with van der Waals surface area (Å²) in [6.45, 7) is 2.90. The van der Waals surface area contributed by atoms with E-state index in [0.717, 1.165) is 50.3 Å². The maximum Gasteiger partial charge on any atom is 0.223 e. The number of hydrogen-bond acceptors (Lipinski definition) is 2. The third kappa shape index (κ3) is 3.77. The highest BCUT2D eigenvalue weighted by atomic mass is 35.5. The molecule has 2 heterocycles. The fourth-order valence-electron chi connectivity index (χ4n) is 4.56. The molecule has 26 heavy (non-hydrogen) atoms. The highest BCUT2D eigenvalue weighted by Gasteiger charge is 2.27. The number of carbonyl (C=O) groups is 1. The van der Waals surface area contributed by atoms with E-state index in [9.17, 15) is 4.79 Å². The lowest BCUT2D eigenvalue weighted by atomic mass is 9.95. The molecule has 5 heteroatoms.